The summed E-state index contributed by atoms with van der Waals surface area (Å²) in [5, 5.41) is 8.32. The lowest BCUT2D eigenvalue weighted by Crippen LogP contribution is -2.43. The zero-order valence-electron chi connectivity index (χ0n) is 17.0. The standard InChI is InChI=1S/C22H21N5O4/c1-12(2)27-11-23-16-8-7-13(9-15(16)22(27)31)24-19(28)10-18-21(30)25-17-6-4-3-5-14(17)20(29)26-18/h3-9,11-12,18H,10H2,1-2H3,(H,24,28)(H,25,30)(H,26,29)/t18-/m0/s1. The van der Waals surface area contributed by atoms with Crippen LogP contribution in [0.4, 0.5) is 11.4 Å². The fourth-order valence-corrected chi connectivity index (χ4v) is 3.43. The molecule has 3 N–H and O–H groups in total. The number of benzene rings is 2. The highest BCUT2D eigenvalue weighted by Crippen LogP contribution is 2.20. The predicted octanol–water partition coefficient (Wildman–Crippen LogP) is 2.06. The maximum Gasteiger partial charge on any atom is 0.261 e. The van der Waals surface area contributed by atoms with E-state index in [1.165, 1.54) is 10.9 Å². The number of carbonyl (C=O) groups excluding carboxylic acids is 3. The Morgan fingerprint density at radius 3 is 2.71 bits per heavy atom. The molecule has 3 amide bonds. The molecule has 0 fully saturated rings. The van der Waals surface area contributed by atoms with Crippen molar-refractivity contribution >= 4 is 40.0 Å². The molecule has 1 aliphatic rings. The molecule has 9 heteroatoms. The van der Waals surface area contributed by atoms with E-state index in [0.29, 0.717) is 27.8 Å². The van der Waals surface area contributed by atoms with Gasteiger partial charge in [0.15, 0.2) is 0 Å². The van der Waals surface area contributed by atoms with Crippen molar-refractivity contribution in [1.29, 1.82) is 0 Å². The molecule has 1 aliphatic heterocycles. The minimum absolute atomic E-state index is 0.0517. The van der Waals surface area contributed by atoms with E-state index in [1.807, 2.05) is 13.8 Å². The normalized spacial score (nSPS) is 15.8. The number of hydrogen-bond acceptors (Lipinski definition) is 5. The van der Waals surface area contributed by atoms with E-state index < -0.39 is 23.8 Å². The van der Waals surface area contributed by atoms with Gasteiger partial charge in [-0.15, -0.1) is 0 Å². The van der Waals surface area contributed by atoms with Crippen LogP contribution < -0.4 is 21.5 Å². The van der Waals surface area contributed by atoms with Crippen molar-refractivity contribution in [3.8, 4) is 0 Å². The zero-order chi connectivity index (χ0) is 22.1. The number of amides is 3. The highest BCUT2D eigenvalue weighted by molar-refractivity contribution is 6.11. The van der Waals surface area contributed by atoms with Gasteiger partial charge in [-0.2, -0.15) is 0 Å². The molecule has 2 heterocycles. The van der Waals surface area contributed by atoms with Crippen LogP contribution in [0.25, 0.3) is 10.9 Å². The number of para-hydroxylation sites is 1. The van der Waals surface area contributed by atoms with Crippen LogP contribution in [0.5, 0.6) is 0 Å². The summed E-state index contributed by atoms with van der Waals surface area (Å²) in [5.74, 6) is -1.38. The molecule has 9 nitrogen and oxygen atoms in total. The third kappa shape index (κ3) is 4.02. The van der Waals surface area contributed by atoms with Crippen LogP contribution >= 0.6 is 0 Å². The molecule has 1 atom stereocenters. The van der Waals surface area contributed by atoms with E-state index in [1.54, 1.807) is 42.5 Å². The Morgan fingerprint density at radius 1 is 1.16 bits per heavy atom. The first-order valence-electron chi connectivity index (χ1n) is 9.85. The topological polar surface area (TPSA) is 122 Å². The van der Waals surface area contributed by atoms with Crippen LogP contribution in [-0.2, 0) is 9.59 Å². The van der Waals surface area contributed by atoms with Crippen LogP contribution in [0.3, 0.4) is 0 Å². The third-order valence-electron chi connectivity index (χ3n) is 5.06. The van der Waals surface area contributed by atoms with Crippen molar-refractivity contribution in [2.24, 2.45) is 0 Å². The quantitative estimate of drug-likeness (QED) is 0.597. The maximum absolute atomic E-state index is 12.7. The van der Waals surface area contributed by atoms with Crippen LogP contribution in [0, 0.1) is 0 Å². The highest BCUT2D eigenvalue weighted by Gasteiger charge is 2.29. The van der Waals surface area contributed by atoms with Crippen molar-refractivity contribution < 1.29 is 14.4 Å². The smallest absolute Gasteiger partial charge is 0.261 e. The van der Waals surface area contributed by atoms with Gasteiger partial charge >= 0.3 is 0 Å². The Morgan fingerprint density at radius 2 is 1.94 bits per heavy atom. The third-order valence-corrected chi connectivity index (χ3v) is 5.06. The molecule has 0 saturated carbocycles. The van der Waals surface area contributed by atoms with Crippen LogP contribution in [0.15, 0.2) is 53.6 Å². The minimum atomic E-state index is -1.03. The summed E-state index contributed by atoms with van der Waals surface area (Å²) in [4.78, 5) is 54.4. The Bertz CT molecular complexity index is 1260. The summed E-state index contributed by atoms with van der Waals surface area (Å²) in [6.07, 6.45) is 1.24. The number of hydrogen-bond donors (Lipinski definition) is 3. The molecule has 4 rings (SSSR count). The Labute approximate surface area is 177 Å². The molecule has 1 aromatic heterocycles. The van der Waals surface area contributed by atoms with Crippen molar-refractivity contribution in [2.45, 2.75) is 32.4 Å². The first-order valence-corrected chi connectivity index (χ1v) is 9.85. The fourth-order valence-electron chi connectivity index (χ4n) is 3.43. The van der Waals surface area contributed by atoms with E-state index in [2.05, 4.69) is 20.9 Å². The first kappa shape index (κ1) is 20.3. The maximum atomic E-state index is 12.7. The van der Waals surface area contributed by atoms with Gasteiger partial charge in [-0.3, -0.25) is 23.7 Å². The summed E-state index contributed by atoms with van der Waals surface area (Å²) in [6.45, 7) is 3.76. The van der Waals surface area contributed by atoms with Crippen LogP contribution in [0.2, 0.25) is 0 Å². The van der Waals surface area contributed by atoms with E-state index in [4.69, 9.17) is 0 Å². The van der Waals surface area contributed by atoms with Crippen molar-refractivity contribution in [3.05, 3.63) is 64.7 Å². The van der Waals surface area contributed by atoms with Gasteiger partial charge in [0.25, 0.3) is 11.5 Å². The van der Waals surface area contributed by atoms with Crippen LogP contribution in [0.1, 0.15) is 36.7 Å². The molecule has 158 valence electrons. The minimum Gasteiger partial charge on any atom is -0.340 e. The number of nitrogens with one attached hydrogen (secondary N) is 3. The first-order chi connectivity index (χ1) is 14.8. The molecular weight excluding hydrogens is 398 g/mol. The molecule has 3 aromatic rings. The fraction of sp³-hybridized carbons (Fsp3) is 0.227. The summed E-state index contributed by atoms with van der Waals surface area (Å²) < 4.78 is 1.51. The van der Waals surface area contributed by atoms with Gasteiger partial charge in [-0.25, -0.2) is 4.98 Å². The second-order valence-electron chi connectivity index (χ2n) is 7.60. The highest BCUT2D eigenvalue weighted by atomic mass is 16.2. The predicted molar refractivity (Wildman–Crippen MR) is 116 cm³/mol. The molecule has 0 saturated heterocycles. The number of aromatic nitrogens is 2. The lowest BCUT2D eigenvalue weighted by atomic mass is 10.1. The Hall–Kier alpha value is -4.01. The SMILES string of the molecule is CC(C)n1cnc2ccc(NC(=O)C[C@@H]3NC(=O)c4ccccc4NC3=O)cc2c1=O. The van der Waals surface area contributed by atoms with Crippen molar-refractivity contribution in [3.63, 3.8) is 0 Å². The second-order valence-corrected chi connectivity index (χ2v) is 7.60. The summed E-state index contributed by atoms with van der Waals surface area (Å²) in [6, 6.07) is 10.4. The molecule has 0 bridgehead atoms. The molecular formula is C22H21N5O4. The molecule has 2 aromatic carbocycles. The Kier molecular flexibility index (Phi) is 5.24. The van der Waals surface area contributed by atoms with Gasteiger partial charge < -0.3 is 16.0 Å². The van der Waals surface area contributed by atoms with Gasteiger partial charge in [0, 0.05) is 11.7 Å². The van der Waals surface area contributed by atoms with Crippen molar-refractivity contribution in [1.82, 2.24) is 14.9 Å². The lowest BCUT2D eigenvalue weighted by Gasteiger charge is -2.15. The van der Waals surface area contributed by atoms with Crippen LogP contribution in [-0.4, -0.2) is 33.3 Å². The van der Waals surface area contributed by atoms with Gasteiger partial charge in [-0.05, 0) is 44.2 Å². The molecule has 0 spiro atoms. The zero-order valence-corrected chi connectivity index (χ0v) is 17.0. The van der Waals surface area contributed by atoms with Gasteiger partial charge in [0.1, 0.15) is 6.04 Å². The largest absolute Gasteiger partial charge is 0.340 e. The average molecular weight is 419 g/mol. The van der Waals surface area contributed by atoms with E-state index in [-0.39, 0.29) is 18.0 Å². The number of anilines is 2. The van der Waals surface area contributed by atoms with Crippen molar-refractivity contribution in [2.75, 3.05) is 10.6 Å². The number of carbonyl (C=O) groups is 3. The molecule has 31 heavy (non-hydrogen) atoms. The van der Waals surface area contributed by atoms with E-state index in [0.717, 1.165) is 0 Å². The van der Waals surface area contributed by atoms with Gasteiger partial charge in [0.05, 0.1) is 34.9 Å². The van der Waals surface area contributed by atoms with Gasteiger partial charge in [0.2, 0.25) is 11.8 Å². The number of nitrogens with zero attached hydrogens (tertiary/aromatic N) is 2. The molecule has 0 radical (unpaired) electrons. The second kappa shape index (κ2) is 8.02. The Balaban J connectivity index is 1.52. The summed E-state index contributed by atoms with van der Waals surface area (Å²) in [7, 11) is 0. The van der Waals surface area contributed by atoms with E-state index >= 15 is 0 Å². The summed E-state index contributed by atoms with van der Waals surface area (Å²) in [5.41, 5.74) is 1.46. The average Bonchev–Trinajstić information content (AvgIpc) is 2.84. The molecule has 0 unspecified atom stereocenters. The number of rotatable bonds is 4. The van der Waals surface area contributed by atoms with Gasteiger partial charge in [-0.1, -0.05) is 12.1 Å². The monoisotopic (exact) mass is 419 g/mol. The molecule has 0 aliphatic carbocycles. The lowest BCUT2D eigenvalue weighted by molar-refractivity contribution is -0.122. The summed E-state index contributed by atoms with van der Waals surface area (Å²) >= 11 is 0. The number of fused-ring (bicyclic) bond motifs is 2. The van der Waals surface area contributed by atoms with E-state index in [9.17, 15) is 19.2 Å².